The fraction of sp³-hybridized carbons (Fsp3) is 0.167. The van der Waals surface area contributed by atoms with E-state index in [4.69, 9.17) is 14.7 Å². The third-order valence-electron chi connectivity index (χ3n) is 4.29. The van der Waals surface area contributed by atoms with Gasteiger partial charge in [0.1, 0.15) is 5.75 Å². The Balaban J connectivity index is 1.75. The Morgan fingerprint density at radius 1 is 1.16 bits per heavy atom. The number of carbonyl (C=O) groups is 1. The molecule has 1 aromatic heterocycles. The Morgan fingerprint density at radius 3 is 2.52 bits per heavy atom. The van der Waals surface area contributed by atoms with E-state index in [0.29, 0.717) is 29.7 Å². The van der Waals surface area contributed by atoms with Crippen LogP contribution in [-0.2, 0) is 9.53 Å². The van der Waals surface area contributed by atoms with Gasteiger partial charge < -0.3 is 14.8 Å². The maximum absolute atomic E-state index is 11.5. The van der Waals surface area contributed by atoms with E-state index in [1.165, 1.54) is 6.08 Å². The van der Waals surface area contributed by atoms with Crippen molar-refractivity contribution in [1.29, 1.82) is 5.26 Å². The number of rotatable bonds is 7. The van der Waals surface area contributed by atoms with Crippen molar-refractivity contribution >= 4 is 23.7 Å². The summed E-state index contributed by atoms with van der Waals surface area (Å²) in [6.07, 6.45) is 4.73. The lowest BCUT2D eigenvalue weighted by atomic mass is 10.1. The van der Waals surface area contributed by atoms with Crippen LogP contribution in [0.25, 0.3) is 6.08 Å². The molecule has 0 atom stereocenters. The third kappa shape index (κ3) is 5.90. The van der Waals surface area contributed by atoms with Gasteiger partial charge in [0.25, 0.3) is 0 Å². The number of aromatic nitrogens is 2. The van der Waals surface area contributed by atoms with Crippen molar-refractivity contribution in [3.63, 3.8) is 0 Å². The minimum atomic E-state index is -0.374. The zero-order chi connectivity index (χ0) is 22.2. The molecular formula is C24H22N4O3. The van der Waals surface area contributed by atoms with Crippen molar-refractivity contribution in [3.05, 3.63) is 77.0 Å². The van der Waals surface area contributed by atoms with Gasteiger partial charge in [-0.15, -0.1) is 0 Å². The fourth-order valence-corrected chi connectivity index (χ4v) is 2.92. The predicted molar refractivity (Wildman–Crippen MR) is 118 cm³/mol. The molecule has 156 valence electrons. The van der Waals surface area contributed by atoms with Crippen molar-refractivity contribution in [2.75, 3.05) is 11.9 Å². The summed E-state index contributed by atoms with van der Waals surface area (Å²) in [5.41, 5.74) is 4.03. The standard InChI is InChI=1S/C24H22N4O3/c1-4-30-22(29)10-7-19-13-16(2)23(17(3)14-19)31-21-11-12-26-24(28-21)27-20-8-5-18(15-25)6-9-20/h5-14H,4H2,1-3H3,(H,26,27,28)/b10-7+. The molecule has 0 aliphatic heterocycles. The molecule has 1 heterocycles. The van der Waals surface area contributed by atoms with Crippen LogP contribution in [0.15, 0.2) is 54.7 Å². The summed E-state index contributed by atoms with van der Waals surface area (Å²) < 4.78 is 10.9. The lowest BCUT2D eigenvalue weighted by molar-refractivity contribution is -0.137. The average molecular weight is 414 g/mol. The van der Waals surface area contributed by atoms with Crippen LogP contribution in [0.2, 0.25) is 0 Å². The molecule has 0 unspecified atom stereocenters. The Bertz CT molecular complexity index is 1130. The van der Waals surface area contributed by atoms with Crippen LogP contribution in [0.5, 0.6) is 11.6 Å². The second kappa shape index (κ2) is 10.0. The SMILES string of the molecule is CCOC(=O)/C=C/c1cc(C)c(Oc2ccnc(Nc3ccc(C#N)cc3)n2)c(C)c1. The second-order valence-corrected chi connectivity index (χ2v) is 6.70. The summed E-state index contributed by atoms with van der Waals surface area (Å²) in [7, 11) is 0. The number of hydrogen-bond donors (Lipinski definition) is 1. The number of hydrogen-bond acceptors (Lipinski definition) is 7. The highest BCUT2D eigenvalue weighted by atomic mass is 16.5. The summed E-state index contributed by atoms with van der Waals surface area (Å²) in [6.45, 7) is 5.97. The maximum atomic E-state index is 11.5. The number of esters is 1. The van der Waals surface area contributed by atoms with Crippen molar-refractivity contribution in [3.8, 4) is 17.7 Å². The molecule has 0 bridgehead atoms. The van der Waals surface area contributed by atoms with Gasteiger partial charge in [0.15, 0.2) is 0 Å². The summed E-state index contributed by atoms with van der Waals surface area (Å²) in [6, 6.07) is 14.6. The number of nitriles is 1. The summed E-state index contributed by atoms with van der Waals surface area (Å²) in [5, 5.41) is 12.0. The molecule has 0 fully saturated rings. The Kier molecular flexibility index (Phi) is 6.97. The van der Waals surface area contributed by atoms with Crippen LogP contribution in [0.3, 0.4) is 0 Å². The molecule has 31 heavy (non-hydrogen) atoms. The minimum Gasteiger partial charge on any atom is -0.463 e. The molecule has 0 radical (unpaired) electrons. The van der Waals surface area contributed by atoms with Crippen LogP contribution in [0, 0.1) is 25.2 Å². The Morgan fingerprint density at radius 2 is 1.87 bits per heavy atom. The topological polar surface area (TPSA) is 97.1 Å². The van der Waals surface area contributed by atoms with E-state index in [9.17, 15) is 4.79 Å². The minimum absolute atomic E-state index is 0.342. The molecule has 3 rings (SSSR count). The Labute approximate surface area is 181 Å². The van der Waals surface area contributed by atoms with E-state index in [1.54, 1.807) is 49.5 Å². The van der Waals surface area contributed by atoms with Crippen LogP contribution < -0.4 is 10.1 Å². The first-order chi connectivity index (χ1) is 15.0. The van der Waals surface area contributed by atoms with Gasteiger partial charge in [0.05, 0.1) is 18.2 Å². The smallest absolute Gasteiger partial charge is 0.330 e. The predicted octanol–water partition coefficient (Wildman–Crippen LogP) is 5.08. The van der Waals surface area contributed by atoms with E-state index in [-0.39, 0.29) is 5.97 Å². The highest BCUT2D eigenvalue weighted by Crippen LogP contribution is 2.30. The van der Waals surface area contributed by atoms with E-state index in [2.05, 4.69) is 21.4 Å². The van der Waals surface area contributed by atoms with Crippen LogP contribution in [0.1, 0.15) is 29.2 Å². The quantitative estimate of drug-likeness (QED) is 0.425. The van der Waals surface area contributed by atoms with E-state index >= 15 is 0 Å². The van der Waals surface area contributed by atoms with Crippen LogP contribution >= 0.6 is 0 Å². The summed E-state index contributed by atoms with van der Waals surface area (Å²) in [4.78, 5) is 20.1. The lowest BCUT2D eigenvalue weighted by Gasteiger charge is -2.13. The van der Waals surface area contributed by atoms with Gasteiger partial charge in [-0.2, -0.15) is 10.2 Å². The van der Waals surface area contributed by atoms with Crippen molar-refractivity contribution < 1.29 is 14.3 Å². The highest BCUT2D eigenvalue weighted by molar-refractivity contribution is 5.87. The fourth-order valence-electron chi connectivity index (χ4n) is 2.92. The largest absolute Gasteiger partial charge is 0.463 e. The highest BCUT2D eigenvalue weighted by Gasteiger charge is 2.09. The summed E-state index contributed by atoms with van der Waals surface area (Å²) in [5.74, 6) is 1.09. The number of anilines is 2. The Hall–Kier alpha value is -4.18. The summed E-state index contributed by atoms with van der Waals surface area (Å²) >= 11 is 0. The van der Waals surface area contributed by atoms with E-state index in [0.717, 1.165) is 22.4 Å². The van der Waals surface area contributed by atoms with Gasteiger partial charge in [-0.1, -0.05) is 0 Å². The monoisotopic (exact) mass is 414 g/mol. The zero-order valence-corrected chi connectivity index (χ0v) is 17.5. The number of nitrogens with one attached hydrogen (secondary N) is 1. The molecule has 0 saturated carbocycles. The maximum Gasteiger partial charge on any atom is 0.330 e. The zero-order valence-electron chi connectivity index (χ0n) is 17.5. The molecule has 1 N–H and O–H groups in total. The number of benzene rings is 2. The number of aryl methyl sites for hydroxylation is 2. The molecular weight excluding hydrogens is 392 g/mol. The van der Waals surface area contributed by atoms with Gasteiger partial charge in [0, 0.05) is 24.0 Å². The molecule has 0 saturated heterocycles. The molecule has 3 aromatic rings. The lowest BCUT2D eigenvalue weighted by Crippen LogP contribution is -2.00. The molecule has 2 aromatic carbocycles. The van der Waals surface area contributed by atoms with Crippen LogP contribution in [-0.4, -0.2) is 22.5 Å². The number of carbonyl (C=O) groups excluding carboxylic acids is 1. The molecule has 0 amide bonds. The molecule has 0 spiro atoms. The average Bonchev–Trinajstić information content (AvgIpc) is 2.76. The second-order valence-electron chi connectivity index (χ2n) is 6.70. The van der Waals surface area contributed by atoms with E-state index < -0.39 is 0 Å². The van der Waals surface area contributed by atoms with Gasteiger partial charge in [0.2, 0.25) is 11.8 Å². The van der Waals surface area contributed by atoms with Crippen molar-refractivity contribution in [2.45, 2.75) is 20.8 Å². The third-order valence-corrected chi connectivity index (χ3v) is 4.29. The van der Waals surface area contributed by atoms with Crippen molar-refractivity contribution in [2.24, 2.45) is 0 Å². The van der Waals surface area contributed by atoms with Gasteiger partial charge in [-0.25, -0.2) is 9.78 Å². The normalized spacial score (nSPS) is 10.5. The molecule has 7 heteroatoms. The number of nitrogens with zero attached hydrogens (tertiary/aromatic N) is 3. The van der Waals surface area contributed by atoms with Crippen LogP contribution in [0.4, 0.5) is 11.6 Å². The van der Waals surface area contributed by atoms with Crippen molar-refractivity contribution in [1.82, 2.24) is 9.97 Å². The first-order valence-electron chi connectivity index (χ1n) is 9.72. The molecule has 0 aliphatic rings. The first kappa shape index (κ1) is 21.5. The molecule has 7 nitrogen and oxygen atoms in total. The number of ether oxygens (including phenoxy) is 2. The first-order valence-corrected chi connectivity index (χ1v) is 9.72. The van der Waals surface area contributed by atoms with Gasteiger partial charge >= 0.3 is 5.97 Å². The van der Waals surface area contributed by atoms with Gasteiger partial charge in [-0.05, 0) is 79.9 Å². The molecule has 0 aliphatic carbocycles. The van der Waals surface area contributed by atoms with E-state index in [1.807, 2.05) is 26.0 Å². The van der Waals surface area contributed by atoms with Gasteiger partial charge in [-0.3, -0.25) is 0 Å².